The van der Waals surface area contributed by atoms with Crippen LogP contribution in [0.15, 0.2) is 36.4 Å². The Morgan fingerprint density at radius 1 is 0.929 bits per heavy atom. The molecule has 0 spiro atoms. The van der Waals surface area contributed by atoms with Crippen LogP contribution in [0.2, 0.25) is 15.1 Å². The number of rotatable bonds is 8. The number of benzene rings is 2. The van der Waals surface area contributed by atoms with E-state index in [2.05, 4.69) is 10.6 Å². The first-order valence-electron chi connectivity index (χ1n) is 8.50. The summed E-state index contributed by atoms with van der Waals surface area (Å²) in [6.45, 7) is 2.45. The van der Waals surface area contributed by atoms with Gasteiger partial charge < -0.3 is 10.6 Å². The monoisotopic (exact) mass is 445 g/mol. The molecule has 0 fully saturated rings. The van der Waals surface area contributed by atoms with E-state index in [1.54, 1.807) is 17.0 Å². The van der Waals surface area contributed by atoms with Crippen molar-refractivity contribution in [2.45, 2.75) is 13.3 Å². The summed E-state index contributed by atoms with van der Waals surface area (Å²) in [6.07, 6.45) is 0.750. The van der Waals surface area contributed by atoms with Crippen LogP contribution in [0.1, 0.15) is 13.3 Å². The van der Waals surface area contributed by atoms with Crippen LogP contribution in [0, 0.1) is 5.82 Å². The van der Waals surface area contributed by atoms with E-state index in [9.17, 15) is 14.0 Å². The molecule has 0 aliphatic carbocycles. The number of nitrogens with one attached hydrogen (secondary N) is 2. The molecule has 0 saturated carbocycles. The van der Waals surface area contributed by atoms with Crippen molar-refractivity contribution >= 4 is 58.0 Å². The molecule has 0 atom stereocenters. The van der Waals surface area contributed by atoms with Crippen molar-refractivity contribution in [3.63, 3.8) is 0 Å². The Labute approximate surface area is 177 Å². The Morgan fingerprint density at radius 2 is 1.46 bits per heavy atom. The Balaban J connectivity index is 1.96. The van der Waals surface area contributed by atoms with E-state index >= 15 is 0 Å². The highest BCUT2D eigenvalue weighted by Gasteiger charge is 2.16. The minimum atomic E-state index is -0.492. The van der Waals surface area contributed by atoms with E-state index < -0.39 is 5.82 Å². The number of carbonyl (C=O) groups is 2. The van der Waals surface area contributed by atoms with Gasteiger partial charge in [-0.15, -0.1) is 0 Å². The Morgan fingerprint density at radius 3 is 1.96 bits per heavy atom. The summed E-state index contributed by atoms with van der Waals surface area (Å²) in [5.41, 5.74) is 0.747. The number of hydrogen-bond donors (Lipinski definition) is 2. The number of halogens is 4. The van der Waals surface area contributed by atoms with E-state index in [-0.39, 0.29) is 29.9 Å². The van der Waals surface area contributed by atoms with Crippen LogP contribution in [0.3, 0.4) is 0 Å². The van der Waals surface area contributed by atoms with E-state index in [1.165, 1.54) is 18.2 Å². The maximum atomic E-state index is 13.1. The van der Waals surface area contributed by atoms with Crippen molar-refractivity contribution in [3.8, 4) is 0 Å². The third-order valence-corrected chi connectivity index (χ3v) is 4.55. The predicted molar refractivity (Wildman–Crippen MR) is 112 cm³/mol. The van der Waals surface area contributed by atoms with Gasteiger partial charge in [0.1, 0.15) is 5.82 Å². The zero-order valence-electron chi connectivity index (χ0n) is 15.1. The van der Waals surface area contributed by atoms with Crippen molar-refractivity contribution in [1.82, 2.24) is 4.90 Å². The maximum Gasteiger partial charge on any atom is 0.238 e. The molecule has 28 heavy (non-hydrogen) atoms. The highest BCUT2D eigenvalue weighted by atomic mass is 35.5. The second-order valence-electron chi connectivity index (χ2n) is 6.06. The number of carbonyl (C=O) groups excluding carboxylic acids is 2. The van der Waals surface area contributed by atoms with E-state index in [0.29, 0.717) is 28.0 Å². The molecular formula is C19H19Cl3FN3O2. The summed E-state index contributed by atoms with van der Waals surface area (Å²) in [4.78, 5) is 26.3. The van der Waals surface area contributed by atoms with E-state index in [0.717, 1.165) is 12.5 Å². The fourth-order valence-electron chi connectivity index (χ4n) is 2.50. The maximum absolute atomic E-state index is 13.1. The molecule has 0 aliphatic heterocycles. The standard InChI is InChI=1S/C19H19Cl3FN3O2/c1-2-7-26(10-18(27)24-16-5-3-12(20)8-14(16)21)11-19(28)25-17-6-4-13(23)9-15(17)22/h3-6,8-9H,2,7,10-11H2,1H3,(H,24,27)(H,25,28). The van der Waals surface area contributed by atoms with Crippen LogP contribution in [0.25, 0.3) is 0 Å². The van der Waals surface area contributed by atoms with Crippen molar-refractivity contribution in [2.75, 3.05) is 30.3 Å². The molecule has 2 rings (SSSR count). The summed E-state index contributed by atoms with van der Waals surface area (Å²) in [5, 5.41) is 6.21. The van der Waals surface area contributed by atoms with Gasteiger partial charge in [0, 0.05) is 5.02 Å². The van der Waals surface area contributed by atoms with Crippen LogP contribution in [-0.2, 0) is 9.59 Å². The minimum Gasteiger partial charge on any atom is -0.324 e. The molecule has 0 heterocycles. The number of hydrogen-bond acceptors (Lipinski definition) is 3. The quantitative estimate of drug-likeness (QED) is 0.595. The highest BCUT2D eigenvalue weighted by Crippen LogP contribution is 2.25. The summed E-state index contributed by atoms with van der Waals surface area (Å²) < 4.78 is 13.1. The largest absolute Gasteiger partial charge is 0.324 e. The van der Waals surface area contributed by atoms with E-state index in [4.69, 9.17) is 34.8 Å². The van der Waals surface area contributed by atoms with Crippen molar-refractivity contribution in [1.29, 1.82) is 0 Å². The smallest absolute Gasteiger partial charge is 0.238 e. The van der Waals surface area contributed by atoms with Crippen LogP contribution in [0.4, 0.5) is 15.8 Å². The normalized spacial score (nSPS) is 10.8. The molecule has 2 aromatic rings. The van der Waals surface area contributed by atoms with Gasteiger partial charge in [0.25, 0.3) is 0 Å². The number of anilines is 2. The van der Waals surface area contributed by atoms with Gasteiger partial charge in [-0.05, 0) is 49.4 Å². The summed E-state index contributed by atoms with van der Waals surface area (Å²) >= 11 is 17.8. The molecule has 0 aromatic heterocycles. The second kappa shape index (κ2) is 10.6. The average molecular weight is 447 g/mol. The number of amides is 2. The number of nitrogens with zero attached hydrogens (tertiary/aromatic N) is 1. The Bertz CT molecular complexity index is 797. The summed E-state index contributed by atoms with van der Waals surface area (Å²) in [7, 11) is 0. The molecule has 150 valence electrons. The molecule has 9 heteroatoms. The molecule has 2 amide bonds. The zero-order chi connectivity index (χ0) is 20.7. The Hall–Kier alpha value is -1.86. The van der Waals surface area contributed by atoms with Gasteiger partial charge >= 0.3 is 0 Å². The second-order valence-corrected chi connectivity index (χ2v) is 7.31. The lowest BCUT2D eigenvalue weighted by atomic mass is 10.3. The SMILES string of the molecule is CCCN(CC(=O)Nc1ccc(F)cc1Cl)CC(=O)Nc1ccc(Cl)cc1Cl. The molecule has 0 aliphatic rings. The first kappa shape index (κ1) is 22.4. The molecule has 2 N–H and O–H groups in total. The minimum absolute atomic E-state index is 0.00261. The van der Waals surface area contributed by atoms with Crippen LogP contribution >= 0.6 is 34.8 Å². The first-order valence-corrected chi connectivity index (χ1v) is 9.64. The van der Waals surface area contributed by atoms with Crippen LogP contribution in [0.5, 0.6) is 0 Å². The van der Waals surface area contributed by atoms with Gasteiger partial charge in [0.05, 0.1) is 34.5 Å². The third-order valence-electron chi connectivity index (χ3n) is 3.68. The molecule has 0 unspecified atom stereocenters. The summed E-state index contributed by atoms with van der Waals surface area (Å²) in [5.74, 6) is -1.17. The van der Waals surface area contributed by atoms with Crippen LogP contribution in [-0.4, -0.2) is 36.3 Å². The van der Waals surface area contributed by atoms with Gasteiger partial charge in [-0.2, -0.15) is 0 Å². The van der Waals surface area contributed by atoms with Gasteiger partial charge in [0.2, 0.25) is 11.8 Å². The lowest BCUT2D eigenvalue weighted by Gasteiger charge is -2.21. The Kier molecular flexibility index (Phi) is 8.51. The fourth-order valence-corrected chi connectivity index (χ4v) is 3.17. The fraction of sp³-hybridized carbons (Fsp3) is 0.263. The molecule has 0 bridgehead atoms. The van der Waals surface area contributed by atoms with Crippen molar-refractivity contribution < 1.29 is 14.0 Å². The van der Waals surface area contributed by atoms with Gasteiger partial charge in [0.15, 0.2) is 0 Å². The molecule has 5 nitrogen and oxygen atoms in total. The summed E-state index contributed by atoms with van der Waals surface area (Å²) in [6, 6.07) is 8.46. The lowest BCUT2D eigenvalue weighted by molar-refractivity contribution is -0.120. The lowest BCUT2D eigenvalue weighted by Crippen LogP contribution is -2.39. The van der Waals surface area contributed by atoms with Gasteiger partial charge in [-0.1, -0.05) is 41.7 Å². The third kappa shape index (κ3) is 6.95. The van der Waals surface area contributed by atoms with Crippen molar-refractivity contribution in [2.24, 2.45) is 0 Å². The van der Waals surface area contributed by atoms with Gasteiger partial charge in [-0.25, -0.2) is 4.39 Å². The molecular weight excluding hydrogens is 428 g/mol. The molecule has 0 radical (unpaired) electrons. The highest BCUT2D eigenvalue weighted by molar-refractivity contribution is 6.36. The van der Waals surface area contributed by atoms with Crippen molar-refractivity contribution in [3.05, 3.63) is 57.3 Å². The zero-order valence-corrected chi connectivity index (χ0v) is 17.3. The van der Waals surface area contributed by atoms with Crippen LogP contribution < -0.4 is 10.6 Å². The van der Waals surface area contributed by atoms with E-state index in [1.807, 2.05) is 6.92 Å². The first-order chi connectivity index (χ1) is 13.3. The average Bonchev–Trinajstić information content (AvgIpc) is 2.60. The topological polar surface area (TPSA) is 61.4 Å². The molecule has 2 aromatic carbocycles. The molecule has 0 saturated heterocycles. The van der Waals surface area contributed by atoms with Gasteiger partial charge in [-0.3, -0.25) is 14.5 Å². The predicted octanol–water partition coefficient (Wildman–Crippen LogP) is 5.08.